The molecule has 0 spiro atoms. The first-order valence-electron chi connectivity index (χ1n) is 6.12. The molecule has 2 unspecified atom stereocenters. The lowest BCUT2D eigenvalue weighted by Crippen LogP contribution is -2.51. The van der Waals surface area contributed by atoms with E-state index < -0.39 is 11.4 Å². The molecule has 0 aliphatic carbocycles. The summed E-state index contributed by atoms with van der Waals surface area (Å²) in [5.74, 6) is -0.865. The molecule has 2 aliphatic heterocycles. The number of imide groups is 1. The number of thiol groups is 1. The molecule has 0 bridgehead atoms. The van der Waals surface area contributed by atoms with Crippen molar-refractivity contribution in [2.24, 2.45) is 0 Å². The van der Waals surface area contributed by atoms with Gasteiger partial charge in [0.1, 0.15) is 5.82 Å². The number of hydrogen-bond acceptors (Lipinski definition) is 4. The van der Waals surface area contributed by atoms with Crippen LogP contribution in [-0.2, 0) is 16.1 Å². The zero-order chi connectivity index (χ0) is 13.6. The fourth-order valence-electron chi connectivity index (χ4n) is 2.74. The number of carbonyl (C=O) groups excluding carboxylic acids is 2. The fraction of sp³-hybridized carbons (Fsp3) is 0.385. The molecule has 1 saturated heterocycles. The van der Waals surface area contributed by atoms with Crippen LogP contribution in [0.25, 0.3) is 0 Å². The lowest BCUT2D eigenvalue weighted by Gasteiger charge is -2.32. The molecular formula is C13H13FN2O2S. The number of amides is 2. The van der Waals surface area contributed by atoms with Crippen LogP contribution in [0.5, 0.6) is 0 Å². The highest BCUT2D eigenvalue weighted by Gasteiger charge is 2.40. The number of carbonyl (C=O) groups is 2. The van der Waals surface area contributed by atoms with Gasteiger partial charge >= 0.3 is 0 Å². The number of rotatable bonds is 1. The maximum Gasteiger partial charge on any atom is 0.243 e. The number of hydrogen-bond donors (Lipinski definition) is 2. The van der Waals surface area contributed by atoms with Crippen LogP contribution in [0.3, 0.4) is 0 Å². The molecule has 2 heterocycles. The molecule has 3 rings (SSSR count). The Kier molecular flexibility index (Phi) is 3.06. The van der Waals surface area contributed by atoms with E-state index >= 15 is 0 Å². The molecule has 1 N–H and O–H groups in total. The van der Waals surface area contributed by atoms with Gasteiger partial charge in [0, 0.05) is 18.5 Å². The Morgan fingerprint density at radius 1 is 1.37 bits per heavy atom. The largest absolute Gasteiger partial charge is 0.295 e. The van der Waals surface area contributed by atoms with Crippen LogP contribution in [-0.4, -0.2) is 22.8 Å². The molecule has 0 saturated carbocycles. The van der Waals surface area contributed by atoms with Crippen LogP contribution in [0.15, 0.2) is 18.2 Å². The van der Waals surface area contributed by atoms with Crippen LogP contribution < -0.4 is 5.32 Å². The summed E-state index contributed by atoms with van der Waals surface area (Å²) in [6.07, 6.45) is 0.767. The molecule has 19 heavy (non-hydrogen) atoms. The standard InChI is InChI=1S/C13H13FN2O2S/c14-8-3-1-2-7-6-16(13(19)11(7)8)9-4-5-10(17)15-12(9)18/h1-3,9,13,19H,4-6H2,(H,15,17,18). The summed E-state index contributed by atoms with van der Waals surface area (Å²) in [7, 11) is 0. The molecule has 100 valence electrons. The number of halogens is 1. The van der Waals surface area contributed by atoms with Gasteiger partial charge in [0.05, 0.1) is 11.4 Å². The van der Waals surface area contributed by atoms with Crippen LogP contribution >= 0.6 is 12.6 Å². The molecule has 6 heteroatoms. The van der Waals surface area contributed by atoms with E-state index in [1.165, 1.54) is 6.07 Å². The second-order valence-corrected chi connectivity index (χ2v) is 5.31. The van der Waals surface area contributed by atoms with Crippen molar-refractivity contribution < 1.29 is 14.0 Å². The van der Waals surface area contributed by atoms with Crippen molar-refractivity contribution >= 4 is 24.4 Å². The first-order valence-corrected chi connectivity index (χ1v) is 6.64. The van der Waals surface area contributed by atoms with Crippen molar-refractivity contribution in [3.63, 3.8) is 0 Å². The quantitative estimate of drug-likeness (QED) is 0.603. The Balaban J connectivity index is 1.88. The summed E-state index contributed by atoms with van der Waals surface area (Å²) in [6.45, 7) is 0.480. The fourth-order valence-corrected chi connectivity index (χ4v) is 3.27. The van der Waals surface area contributed by atoms with E-state index in [1.807, 2.05) is 11.0 Å². The van der Waals surface area contributed by atoms with Gasteiger partial charge in [-0.1, -0.05) is 12.1 Å². The van der Waals surface area contributed by atoms with E-state index in [1.54, 1.807) is 6.07 Å². The molecule has 2 atom stereocenters. The number of piperidine rings is 1. The van der Waals surface area contributed by atoms with E-state index in [-0.39, 0.29) is 17.6 Å². The monoisotopic (exact) mass is 280 g/mol. The highest BCUT2D eigenvalue weighted by molar-refractivity contribution is 7.80. The molecule has 0 radical (unpaired) electrons. The van der Waals surface area contributed by atoms with Crippen molar-refractivity contribution in [2.75, 3.05) is 0 Å². The third-order valence-electron chi connectivity index (χ3n) is 3.68. The van der Waals surface area contributed by atoms with Crippen molar-refractivity contribution in [1.82, 2.24) is 10.2 Å². The zero-order valence-corrected chi connectivity index (χ0v) is 11.0. The second kappa shape index (κ2) is 4.61. The lowest BCUT2D eigenvalue weighted by atomic mass is 10.0. The molecule has 0 aromatic heterocycles. The van der Waals surface area contributed by atoms with Gasteiger partial charge in [0.2, 0.25) is 11.8 Å². The number of nitrogens with zero attached hydrogens (tertiary/aromatic N) is 1. The Labute approximate surface area is 115 Å². The van der Waals surface area contributed by atoms with Gasteiger partial charge in [0.25, 0.3) is 0 Å². The number of benzene rings is 1. The predicted octanol–water partition coefficient (Wildman–Crippen LogP) is 1.37. The summed E-state index contributed by atoms with van der Waals surface area (Å²) in [6, 6.07) is 4.47. The van der Waals surface area contributed by atoms with E-state index in [4.69, 9.17) is 0 Å². The van der Waals surface area contributed by atoms with Gasteiger partial charge in [-0.3, -0.25) is 19.8 Å². The van der Waals surface area contributed by atoms with Gasteiger partial charge in [-0.15, -0.1) is 0 Å². The van der Waals surface area contributed by atoms with E-state index in [0.717, 1.165) is 5.56 Å². The Bertz CT molecular complexity index is 564. The summed E-state index contributed by atoms with van der Waals surface area (Å²) in [5, 5.41) is 1.88. The molecule has 4 nitrogen and oxygen atoms in total. The first kappa shape index (κ1) is 12.6. The summed E-state index contributed by atoms with van der Waals surface area (Å²) >= 11 is 4.43. The first-order chi connectivity index (χ1) is 9.08. The van der Waals surface area contributed by atoms with Crippen LogP contribution in [0.2, 0.25) is 0 Å². The minimum absolute atomic E-state index is 0.250. The normalized spacial score (nSPS) is 27.3. The van der Waals surface area contributed by atoms with Crippen molar-refractivity contribution in [3.8, 4) is 0 Å². The van der Waals surface area contributed by atoms with Gasteiger partial charge in [-0.25, -0.2) is 4.39 Å². The van der Waals surface area contributed by atoms with Crippen molar-refractivity contribution in [2.45, 2.75) is 30.8 Å². The highest BCUT2D eigenvalue weighted by atomic mass is 32.1. The minimum Gasteiger partial charge on any atom is -0.295 e. The van der Waals surface area contributed by atoms with Crippen LogP contribution in [0.1, 0.15) is 29.3 Å². The highest BCUT2D eigenvalue weighted by Crippen LogP contribution is 2.40. The SMILES string of the molecule is O=C1CCC(N2Cc3cccc(F)c3C2S)C(=O)N1. The molecule has 2 amide bonds. The smallest absolute Gasteiger partial charge is 0.243 e. The summed E-state index contributed by atoms with van der Waals surface area (Å²) < 4.78 is 13.8. The third-order valence-corrected chi connectivity index (χ3v) is 4.23. The van der Waals surface area contributed by atoms with Crippen LogP contribution in [0.4, 0.5) is 4.39 Å². The molecular weight excluding hydrogens is 267 g/mol. The summed E-state index contributed by atoms with van der Waals surface area (Å²) in [4.78, 5) is 24.9. The Morgan fingerprint density at radius 3 is 2.84 bits per heavy atom. The average molecular weight is 280 g/mol. The number of nitrogens with one attached hydrogen (secondary N) is 1. The maximum absolute atomic E-state index is 13.8. The van der Waals surface area contributed by atoms with Gasteiger partial charge < -0.3 is 0 Å². The van der Waals surface area contributed by atoms with Gasteiger partial charge in [-0.2, -0.15) is 12.6 Å². The van der Waals surface area contributed by atoms with Gasteiger partial charge in [-0.05, 0) is 18.1 Å². The van der Waals surface area contributed by atoms with Crippen molar-refractivity contribution in [3.05, 3.63) is 35.1 Å². The molecule has 1 fully saturated rings. The van der Waals surface area contributed by atoms with Crippen LogP contribution in [0, 0.1) is 5.82 Å². The lowest BCUT2D eigenvalue weighted by molar-refractivity contribution is -0.137. The van der Waals surface area contributed by atoms with E-state index in [2.05, 4.69) is 17.9 Å². The Hall–Kier alpha value is -1.40. The number of fused-ring (bicyclic) bond motifs is 1. The molecule has 1 aromatic rings. The minimum atomic E-state index is -0.444. The molecule has 2 aliphatic rings. The second-order valence-electron chi connectivity index (χ2n) is 4.83. The van der Waals surface area contributed by atoms with Crippen molar-refractivity contribution in [1.29, 1.82) is 0 Å². The zero-order valence-electron chi connectivity index (χ0n) is 10.1. The maximum atomic E-state index is 13.8. The topological polar surface area (TPSA) is 49.4 Å². The van der Waals surface area contributed by atoms with Gasteiger partial charge in [0.15, 0.2) is 0 Å². The average Bonchev–Trinajstić information content (AvgIpc) is 2.68. The summed E-state index contributed by atoms with van der Waals surface area (Å²) in [5.41, 5.74) is 1.39. The van der Waals surface area contributed by atoms with E-state index in [0.29, 0.717) is 24.9 Å². The third kappa shape index (κ3) is 2.04. The molecule has 1 aromatic carbocycles. The predicted molar refractivity (Wildman–Crippen MR) is 69.8 cm³/mol. The van der Waals surface area contributed by atoms with E-state index in [9.17, 15) is 14.0 Å². The Morgan fingerprint density at radius 2 is 2.16 bits per heavy atom.